The first-order valence-electron chi connectivity index (χ1n) is 4.77. The number of nitro groups is 1. The molecule has 0 aliphatic heterocycles. The summed E-state index contributed by atoms with van der Waals surface area (Å²) in [5, 5.41) is 10.2. The average Bonchev–Trinajstić information content (AvgIpc) is 2.06. The molecule has 14 heavy (non-hydrogen) atoms. The van der Waals surface area contributed by atoms with Gasteiger partial charge in [-0.1, -0.05) is 38.1 Å². The monoisotopic (exact) mass is 193 g/mol. The molecule has 0 aliphatic carbocycles. The smallest absolute Gasteiger partial charge is 0.228 e. The summed E-state index contributed by atoms with van der Waals surface area (Å²) < 4.78 is 0. The molecular weight excluding hydrogens is 178 g/mol. The van der Waals surface area contributed by atoms with Crippen LogP contribution in [-0.2, 0) is 13.0 Å². The molecule has 0 radical (unpaired) electrons. The van der Waals surface area contributed by atoms with Crippen molar-refractivity contribution in [1.82, 2.24) is 0 Å². The lowest BCUT2D eigenvalue weighted by Gasteiger charge is -2.04. The maximum atomic E-state index is 10.2. The van der Waals surface area contributed by atoms with Crippen LogP contribution in [0.25, 0.3) is 0 Å². The Hall–Kier alpha value is -1.38. The van der Waals surface area contributed by atoms with Gasteiger partial charge >= 0.3 is 0 Å². The van der Waals surface area contributed by atoms with Crippen molar-refractivity contribution in [3.8, 4) is 0 Å². The predicted molar refractivity (Wildman–Crippen MR) is 55.7 cm³/mol. The van der Waals surface area contributed by atoms with E-state index in [1.54, 1.807) is 0 Å². The van der Waals surface area contributed by atoms with E-state index in [2.05, 4.69) is 13.8 Å². The molecule has 0 aromatic heterocycles. The molecule has 1 aromatic rings. The summed E-state index contributed by atoms with van der Waals surface area (Å²) in [6.45, 7) is 4.23. The third-order valence-corrected chi connectivity index (χ3v) is 1.98. The maximum absolute atomic E-state index is 10.2. The molecule has 0 atom stereocenters. The van der Waals surface area contributed by atoms with Crippen LogP contribution in [0.4, 0.5) is 0 Å². The molecule has 3 nitrogen and oxygen atoms in total. The summed E-state index contributed by atoms with van der Waals surface area (Å²) in [5.74, 6) is 0.622. The minimum absolute atomic E-state index is 0.0814. The van der Waals surface area contributed by atoms with Crippen LogP contribution in [0.1, 0.15) is 25.0 Å². The SMILES string of the molecule is CC(C)Cc1ccc(C[N+](=O)[O-])cc1. The number of benzene rings is 1. The van der Waals surface area contributed by atoms with E-state index in [0.717, 1.165) is 12.0 Å². The molecular formula is C11H15NO2. The van der Waals surface area contributed by atoms with Gasteiger partial charge in [0, 0.05) is 10.5 Å². The first kappa shape index (κ1) is 10.7. The largest absolute Gasteiger partial charge is 0.264 e. The van der Waals surface area contributed by atoms with E-state index in [0.29, 0.717) is 5.92 Å². The van der Waals surface area contributed by atoms with E-state index in [-0.39, 0.29) is 11.5 Å². The number of hydrogen-bond donors (Lipinski definition) is 0. The molecule has 3 heteroatoms. The lowest BCUT2D eigenvalue weighted by atomic mass is 10.0. The van der Waals surface area contributed by atoms with Gasteiger partial charge in [0.2, 0.25) is 6.54 Å². The number of hydrogen-bond acceptors (Lipinski definition) is 2. The molecule has 0 heterocycles. The first-order valence-corrected chi connectivity index (χ1v) is 4.77. The molecule has 1 rings (SSSR count). The van der Waals surface area contributed by atoms with Crippen LogP contribution in [0.5, 0.6) is 0 Å². The Bertz CT molecular complexity index is 304. The molecule has 76 valence electrons. The van der Waals surface area contributed by atoms with Crippen LogP contribution in [-0.4, -0.2) is 4.92 Å². The second kappa shape index (κ2) is 4.74. The van der Waals surface area contributed by atoms with Crippen LogP contribution in [0, 0.1) is 16.0 Å². The van der Waals surface area contributed by atoms with Gasteiger partial charge < -0.3 is 0 Å². The lowest BCUT2D eigenvalue weighted by Crippen LogP contribution is -1.99. The van der Waals surface area contributed by atoms with E-state index in [1.165, 1.54) is 5.56 Å². The fourth-order valence-electron chi connectivity index (χ4n) is 1.40. The zero-order valence-corrected chi connectivity index (χ0v) is 8.56. The molecule has 0 aliphatic rings. The highest BCUT2D eigenvalue weighted by molar-refractivity contribution is 5.22. The van der Waals surface area contributed by atoms with Crippen LogP contribution < -0.4 is 0 Å². The second-order valence-corrected chi connectivity index (χ2v) is 3.91. The van der Waals surface area contributed by atoms with Crippen molar-refractivity contribution >= 4 is 0 Å². The highest BCUT2D eigenvalue weighted by Gasteiger charge is 2.02. The van der Waals surface area contributed by atoms with Gasteiger partial charge in [0.15, 0.2) is 0 Å². The van der Waals surface area contributed by atoms with Crippen molar-refractivity contribution in [2.24, 2.45) is 5.92 Å². The van der Waals surface area contributed by atoms with Crippen LogP contribution >= 0.6 is 0 Å². The van der Waals surface area contributed by atoms with Gasteiger partial charge in [-0.2, -0.15) is 0 Å². The van der Waals surface area contributed by atoms with E-state index in [1.807, 2.05) is 24.3 Å². The van der Waals surface area contributed by atoms with E-state index in [9.17, 15) is 10.1 Å². The van der Waals surface area contributed by atoms with Crippen LogP contribution in [0.15, 0.2) is 24.3 Å². The lowest BCUT2D eigenvalue weighted by molar-refractivity contribution is -0.496. The summed E-state index contributed by atoms with van der Waals surface area (Å²) in [6, 6.07) is 7.61. The topological polar surface area (TPSA) is 43.1 Å². The van der Waals surface area contributed by atoms with Gasteiger partial charge in [-0.25, -0.2) is 0 Å². The van der Waals surface area contributed by atoms with Crippen molar-refractivity contribution < 1.29 is 4.92 Å². The fraction of sp³-hybridized carbons (Fsp3) is 0.455. The highest BCUT2D eigenvalue weighted by Crippen LogP contribution is 2.10. The quantitative estimate of drug-likeness (QED) is 0.545. The van der Waals surface area contributed by atoms with Gasteiger partial charge in [-0.15, -0.1) is 0 Å². The van der Waals surface area contributed by atoms with Crippen molar-refractivity contribution in [3.63, 3.8) is 0 Å². The van der Waals surface area contributed by atoms with Crippen molar-refractivity contribution in [1.29, 1.82) is 0 Å². The average molecular weight is 193 g/mol. The molecule has 0 saturated heterocycles. The maximum Gasteiger partial charge on any atom is 0.228 e. The summed E-state index contributed by atoms with van der Waals surface area (Å²) in [6.07, 6.45) is 1.03. The van der Waals surface area contributed by atoms with Crippen molar-refractivity contribution in [2.45, 2.75) is 26.8 Å². The third kappa shape index (κ3) is 3.56. The van der Waals surface area contributed by atoms with Crippen molar-refractivity contribution in [3.05, 3.63) is 45.5 Å². The van der Waals surface area contributed by atoms with Crippen molar-refractivity contribution in [2.75, 3.05) is 0 Å². The Morgan fingerprint density at radius 3 is 2.14 bits per heavy atom. The van der Waals surface area contributed by atoms with Gasteiger partial charge in [-0.3, -0.25) is 10.1 Å². The summed E-state index contributed by atoms with van der Waals surface area (Å²) >= 11 is 0. The number of nitrogens with zero attached hydrogens (tertiary/aromatic N) is 1. The Morgan fingerprint density at radius 1 is 1.21 bits per heavy atom. The van der Waals surface area contributed by atoms with Gasteiger partial charge in [-0.05, 0) is 17.9 Å². The van der Waals surface area contributed by atoms with Crippen LogP contribution in [0.3, 0.4) is 0 Å². The van der Waals surface area contributed by atoms with E-state index < -0.39 is 0 Å². The molecule has 1 aromatic carbocycles. The standard InChI is InChI=1S/C11H15NO2/c1-9(2)7-10-3-5-11(6-4-10)8-12(13)14/h3-6,9H,7-8H2,1-2H3. The molecule has 0 bridgehead atoms. The first-order chi connectivity index (χ1) is 6.58. The summed E-state index contributed by atoms with van der Waals surface area (Å²) in [7, 11) is 0. The zero-order valence-electron chi connectivity index (χ0n) is 8.56. The van der Waals surface area contributed by atoms with Gasteiger partial charge in [0.05, 0.1) is 0 Å². The predicted octanol–water partition coefficient (Wildman–Crippen LogP) is 2.66. The Labute approximate surface area is 83.9 Å². The van der Waals surface area contributed by atoms with Crippen LogP contribution in [0.2, 0.25) is 0 Å². The Kier molecular flexibility index (Phi) is 3.63. The number of rotatable bonds is 4. The Balaban J connectivity index is 2.63. The zero-order chi connectivity index (χ0) is 10.6. The summed E-state index contributed by atoms with van der Waals surface area (Å²) in [5.41, 5.74) is 2.01. The molecule has 0 saturated carbocycles. The molecule has 0 fully saturated rings. The minimum Gasteiger partial charge on any atom is -0.264 e. The molecule has 0 unspecified atom stereocenters. The summed E-state index contributed by atoms with van der Waals surface area (Å²) in [4.78, 5) is 9.93. The molecule has 0 amide bonds. The molecule has 0 spiro atoms. The minimum atomic E-state index is -0.308. The second-order valence-electron chi connectivity index (χ2n) is 3.91. The van der Waals surface area contributed by atoms with Gasteiger partial charge in [0.25, 0.3) is 0 Å². The van der Waals surface area contributed by atoms with E-state index >= 15 is 0 Å². The van der Waals surface area contributed by atoms with Gasteiger partial charge in [0.1, 0.15) is 0 Å². The van der Waals surface area contributed by atoms with E-state index in [4.69, 9.17) is 0 Å². The third-order valence-electron chi connectivity index (χ3n) is 1.98. The fourth-order valence-corrected chi connectivity index (χ4v) is 1.40. The molecule has 0 N–H and O–H groups in total. The normalized spacial score (nSPS) is 10.5. The highest BCUT2D eigenvalue weighted by atomic mass is 16.6. The Morgan fingerprint density at radius 2 is 1.71 bits per heavy atom.